The maximum Gasteiger partial charge on any atom is 0.320 e. The number of benzene rings is 2. The van der Waals surface area contributed by atoms with Crippen LogP contribution >= 0.6 is 0 Å². The van der Waals surface area contributed by atoms with E-state index in [1.165, 1.54) is 0 Å². The first kappa shape index (κ1) is 24.8. The number of carbonyl (C=O) groups is 3. The van der Waals surface area contributed by atoms with Crippen LogP contribution in [0, 0.1) is 5.92 Å². The van der Waals surface area contributed by atoms with E-state index in [2.05, 4.69) is 29.6 Å². The molecule has 0 spiro atoms. The van der Waals surface area contributed by atoms with Gasteiger partial charge in [0.15, 0.2) is 0 Å². The third-order valence-electron chi connectivity index (χ3n) is 7.18. The highest BCUT2D eigenvalue weighted by Gasteiger charge is 2.35. The maximum atomic E-state index is 13.3. The highest BCUT2D eigenvalue weighted by molar-refractivity contribution is 5.89. The number of rotatable bonds is 8. The van der Waals surface area contributed by atoms with Gasteiger partial charge in [-0.1, -0.05) is 67.4 Å². The lowest BCUT2D eigenvalue weighted by Crippen LogP contribution is -2.42. The topological polar surface area (TPSA) is 95.7 Å². The zero-order valence-corrected chi connectivity index (χ0v) is 20.7. The number of carbonyl (C=O) groups excluding carboxylic acids is 3. The van der Waals surface area contributed by atoms with Gasteiger partial charge in [0, 0.05) is 32.6 Å². The van der Waals surface area contributed by atoms with E-state index in [1.54, 1.807) is 31.1 Å². The number of primary amides is 1. The number of nitrogens with one attached hydrogen (secondary N) is 1. The smallest absolute Gasteiger partial charge is 0.320 e. The van der Waals surface area contributed by atoms with E-state index in [1.807, 2.05) is 23.1 Å². The zero-order chi connectivity index (χ0) is 24.9. The van der Waals surface area contributed by atoms with Crippen LogP contribution in [0.4, 0.5) is 4.79 Å². The van der Waals surface area contributed by atoms with Gasteiger partial charge in [0.1, 0.15) is 6.04 Å². The molecule has 0 bridgehead atoms. The summed E-state index contributed by atoms with van der Waals surface area (Å²) < 4.78 is 0. The van der Waals surface area contributed by atoms with E-state index in [4.69, 9.17) is 5.73 Å². The molecule has 4 amide bonds. The summed E-state index contributed by atoms with van der Waals surface area (Å²) in [7, 11) is 3.57. The highest BCUT2D eigenvalue weighted by Crippen LogP contribution is 2.38. The third kappa shape index (κ3) is 6.02. The van der Waals surface area contributed by atoms with Crippen LogP contribution in [0.2, 0.25) is 0 Å². The van der Waals surface area contributed by atoms with Crippen molar-refractivity contribution in [3.63, 3.8) is 0 Å². The summed E-state index contributed by atoms with van der Waals surface area (Å²) >= 11 is 0. The standard InChI is InChI=1S/C28H36N4O3/c1-31(2)28(35)32(22-16-17-22)18-19-12-14-20(15-13-19)23-10-6-7-11-24(23)27(34)30-25(26(29)33)21-8-4-3-5-9-21/h3-5,8-9,12-15,22-25H,6-7,10-11,16-18H2,1-2H3,(H2,29,33)(H,30,34). The summed E-state index contributed by atoms with van der Waals surface area (Å²) in [5, 5.41) is 2.92. The monoisotopic (exact) mass is 476 g/mol. The average molecular weight is 477 g/mol. The van der Waals surface area contributed by atoms with Crippen LogP contribution < -0.4 is 11.1 Å². The van der Waals surface area contributed by atoms with Crippen molar-refractivity contribution < 1.29 is 14.4 Å². The fourth-order valence-electron chi connectivity index (χ4n) is 5.12. The molecule has 35 heavy (non-hydrogen) atoms. The molecule has 2 saturated carbocycles. The molecule has 4 rings (SSSR count). The predicted octanol–water partition coefficient (Wildman–Crippen LogP) is 3.95. The van der Waals surface area contributed by atoms with Crippen LogP contribution in [0.15, 0.2) is 54.6 Å². The van der Waals surface area contributed by atoms with E-state index in [9.17, 15) is 14.4 Å². The van der Waals surface area contributed by atoms with Gasteiger partial charge in [-0.25, -0.2) is 4.79 Å². The highest BCUT2D eigenvalue weighted by atomic mass is 16.2. The van der Waals surface area contributed by atoms with Crippen molar-refractivity contribution in [3.05, 3.63) is 71.3 Å². The third-order valence-corrected chi connectivity index (χ3v) is 7.18. The van der Waals surface area contributed by atoms with Crippen molar-refractivity contribution in [2.75, 3.05) is 14.1 Å². The molecular formula is C28H36N4O3. The van der Waals surface area contributed by atoms with Crippen molar-refractivity contribution in [1.82, 2.24) is 15.1 Å². The van der Waals surface area contributed by atoms with Crippen LogP contribution in [0.1, 0.15) is 67.2 Å². The Hall–Kier alpha value is -3.35. The summed E-state index contributed by atoms with van der Waals surface area (Å²) in [5.74, 6) is -0.805. The summed E-state index contributed by atoms with van der Waals surface area (Å²) in [6.07, 6.45) is 5.89. The zero-order valence-electron chi connectivity index (χ0n) is 20.7. The summed E-state index contributed by atoms with van der Waals surface area (Å²) in [4.78, 5) is 41.6. The normalized spacial score (nSPS) is 20.5. The van der Waals surface area contributed by atoms with Gasteiger partial charge in [0.05, 0.1) is 0 Å². The van der Waals surface area contributed by atoms with Gasteiger partial charge in [0.2, 0.25) is 11.8 Å². The Bertz CT molecular complexity index is 1030. The molecule has 7 nitrogen and oxygen atoms in total. The molecule has 186 valence electrons. The molecule has 2 aliphatic carbocycles. The van der Waals surface area contributed by atoms with Gasteiger partial charge < -0.3 is 20.9 Å². The minimum absolute atomic E-state index is 0.0445. The van der Waals surface area contributed by atoms with E-state index < -0.39 is 11.9 Å². The van der Waals surface area contributed by atoms with Crippen LogP contribution in [0.3, 0.4) is 0 Å². The largest absolute Gasteiger partial charge is 0.368 e. The van der Waals surface area contributed by atoms with E-state index in [0.29, 0.717) is 18.2 Å². The first-order valence-corrected chi connectivity index (χ1v) is 12.6. The lowest BCUT2D eigenvalue weighted by atomic mass is 9.74. The Balaban J connectivity index is 1.46. The molecule has 2 aromatic carbocycles. The van der Waals surface area contributed by atoms with Crippen LogP contribution in [-0.2, 0) is 16.1 Å². The second-order valence-corrected chi connectivity index (χ2v) is 10.0. The fraction of sp³-hybridized carbons (Fsp3) is 0.464. The van der Waals surface area contributed by atoms with E-state index in [-0.39, 0.29) is 23.8 Å². The number of hydrogen-bond donors (Lipinski definition) is 2. The van der Waals surface area contributed by atoms with Gasteiger partial charge in [-0.2, -0.15) is 0 Å². The van der Waals surface area contributed by atoms with E-state index >= 15 is 0 Å². The molecule has 3 N–H and O–H groups in total. The molecule has 0 heterocycles. The molecule has 0 saturated heterocycles. The van der Waals surface area contributed by atoms with Gasteiger partial charge in [-0.15, -0.1) is 0 Å². The summed E-state index contributed by atoms with van der Waals surface area (Å²) in [6.45, 7) is 0.591. The maximum absolute atomic E-state index is 13.3. The van der Waals surface area contributed by atoms with Gasteiger partial charge in [-0.05, 0) is 48.3 Å². The SMILES string of the molecule is CN(C)C(=O)N(Cc1ccc(C2CCCCC2C(=O)NC(C(N)=O)c2ccccc2)cc1)C1CC1. The Morgan fingerprint density at radius 1 is 0.943 bits per heavy atom. The van der Waals surface area contributed by atoms with Crippen molar-refractivity contribution in [1.29, 1.82) is 0 Å². The number of nitrogens with two attached hydrogens (primary N) is 1. The molecule has 0 radical (unpaired) electrons. The van der Waals surface area contributed by atoms with Crippen LogP contribution in [-0.4, -0.2) is 47.8 Å². The van der Waals surface area contributed by atoms with Gasteiger partial charge in [0.25, 0.3) is 0 Å². The fourth-order valence-corrected chi connectivity index (χ4v) is 5.12. The van der Waals surface area contributed by atoms with Crippen LogP contribution in [0.25, 0.3) is 0 Å². The quantitative estimate of drug-likeness (QED) is 0.604. The summed E-state index contributed by atoms with van der Waals surface area (Å²) in [5.41, 5.74) is 8.54. The number of amides is 4. The van der Waals surface area contributed by atoms with Crippen molar-refractivity contribution in [2.45, 2.75) is 63.1 Å². The molecule has 0 aliphatic heterocycles. The minimum atomic E-state index is -0.837. The molecule has 2 aliphatic rings. The Kier molecular flexibility index (Phi) is 7.73. The van der Waals surface area contributed by atoms with Crippen molar-refractivity contribution in [2.24, 2.45) is 11.7 Å². The first-order valence-electron chi connectivity index (χ1n) is 12.6. The second kappa shape index (κ2) is 10.9. The molecular weight excluding hydrogens is 440 g/mol. The molecule has 3 unspecified atom stereocenters. The lowest BCUT2D eigenvalue weighted by molar-refractivity contribution is -0.131. The Labute approximate surface area is 207 Å². The lowest BCUT2D eigenvalue weighted by Gasteiger charge is -2.32. The molecule has 0 aromatic heterocycles. The number of urea groups is 1. The van der Waals surface area contributed by atoms with Gasteiger partial charge >= 0.3 is 6.03 Å². The van der Waals surface area contributed by atoms with Crippen LogP contribution in [0.5, 0.6) is 0 Å². The van der Waals surface area contributed by atoms with Gasteiger partial charge in [-0.3, -0.25) is 9.59 Å². The summed E-state index contributed by atoms with van der Waals surface area (Å²) in [6, 6.07) is 17.0. The average Bonchev–Trinajstić information content (AvgIpc) is 3.71. The molecule has 2 fully saturated rings. The Morgan fingerprint density at radius 3 is 2.20 bits per heavy atom. The number of nitrogens with zero attached hydrogens (tertiary/aromatic N) is 2. The molecule has 3 atom stereocenters. The van der Waals surface area contributed by atoms with Crippen molar-refractivity contribution in [3.8, 4) is 0 Å². The molecule has 7 heteroatoms. The number of hydrogen-bond acceptors (Lipinski definition) is 3. The Morgan fingerprint density at radius 2 is 1.60 bits per heavy atom. The first-order chi connectivity index (χ1) is 16.8. The predicted molar refractivity (Wildman–Crippen MR) is 135 cm³/mol. The minimum Gasteiger partial charge on any atom is -0.368 e. The van der Waals surface area contributed by atoms with E-state index in [0.717, 1.165) is 49.7 Å². The van der Waals surface area contributed by atoms with Crippen molar-refractivity contribution >= 4 is 17.8 Å². The molecule has 2 aromatic rings. The second-order valence-electron chi connectivity index (χ2n) is 10.0.